The Hall–Kier alpha value is -1.19. The second-order valence-electron chi connectivity index (χ2n) is 4.65. The van der Waals surface area contributed by atoms with Crippen molar-refractivity contribution in [3.8, 4) is 5.75 Å². The van der Waals surface area contributed by atoms with E-state index in [2.05, 4.69) is 21.2 Å². The number of sulfonamides is 1. The van der Waals surface area contributed by atoms with Crippen molar-refractivity contribution in [3.05, 3.63) is 28.5 Å². The molecule has 6 nitrogen and oxygen atoms in total. The summed E-state index contributed by atoms with van der Waals surface area (Å²) in [6, 6.07) is 4.28. The number of nitrogens with one attached hydrogen (secondary N) is 1. The minimum atomic E-state index is -3.21. The average Bonchev–Trinajstić information content (AvgIpc) is 2.41. The van der Waals surface area contributed by atoms with Crippen LogP contribution in [-0.4, -0.2) is 51.6 Å². The Morgan fingerprint density at radius 3 is 2.73 bits per heavy atom. The zero-order valence-corrected chi connectivity index (χ0v) is 14.7. The number of benzene rings is 1. The standard InChI is InChI=1S/C13H18BrFN2O4S/c1-17(22(2,19)20)7-3-6-16-13(18)9-21-12-5-4-10(14)8-11(12)15/h4-5,8H,3,6-7,9H2,1-2H3,(H,16,18). The molecule has 0 bridgehead atoms. The number of hydrogen-bond donors (Lipinski definition) is 1. The van der Waals surface area contributed by atoms with Crippen molar-refractivity contribution >= 4 is 31.9 Å². The van der Waals surface area contributed by atoms with Gasteiger partial charge >= 0.3 is 0 Å². The molecule has 0 fully saturated rings. The van der Waals surface area contributed by atoms with Gasteiger partial charge in [-0.2, -0.15) is 0 Å². The third kappa shape index (κ3) is 6.71. The van der Waals surface area contributed by atoms with Gasteiger partial charge in [0.1, 0.15) is 0 Å². The minimum absolute atomic E-state index is 0.00448. The molecule has 0 atom stereocenters. The van der Waals surface area contributed by atoms with Gasteiger partial charge in [0.25, 0.3) is 5.91 Å². The van der Waals surface area contributed by atoms with Crippen LogP contribution in [0.15, 0.2) is 22.7 Å². The molecule has 1 aromatic carbocycles. The molecular formula is C13H18BrFN2O4S. The summed E-state index contributed by atoms with van der Waals surface area (Å²) in [7, 11) is -1.74. The summed E-state index contributed by atoms with van der Waals surface area (Å²) in [6.45, 7) is 0.312. The molecule has 1 rings (SSSR count). The number of carbonyl (C=O) groups is 1. The number of amides is 1. The number of ether oxygens (including phenoxy) is 1. The average molecular weight is 397 g/mol. The van der Waals surface area contributed by atoms with Gasteiger partial charge in [0.15, 0.2) is 18.2 Å². The van der Waals surface area contributed by atoms with Gasteiger partial charge in [-0.15, -0.1) is 0 Å². The Kier molecular flexibility index (Phi) is 7.24. The van der Waals surface area contributed by atoms with E-state index in [-0.39, 0.29) is 12.4 Å². The topological polar surface area (TPSA) is 75.7 Å². The fraction of sp³-hybridized carbons (Fsp3) is 0.462. The van der Waals surface area contributed by atoms with Gasteiger partial charge in [-0.1, -0.05) is 15.9 Å². The van der Waals surface area contributed by atoms with Crippen LogP contribution in [0.5, 0.6) is 5.75 Å². The van der Waals surface area contributed by atoms with Crippen LogP contribution in [0.2, 0.25) is 0 Å². The minimum Gasteiger partial charge on any atom is -0.481 e. The van der Waals surface area contributed by atoms with Gasteiger partial charge in [0.2, 0.25) is 10.0 Å². The third-order valence-electron chi connectivity index (χ3n) is 2.79. The summed E-state index contributed by atoms with van der Waals surface area (Å²) in [5.41, 5.74) is 0. The Labute approximate surface area is 137 Å². The molecule has 0 unspecified atom stereocenters. The lowest BCUT2D eigenvalue weighted by Crippen LogP contribution is -2.33. The summed E-state index contributed by atoms with van der Waals surface area (Å²) in [5, 5.41) is 2.57. The highest BCUT2D eigenvalue weighted by Gasteiger charge is 2.10. The summed E-state index contributed by atoms with van der Waals surface area (Å²) in [6.07, 6.45) is 1.59. The molecule has 1 amide bonds. The van der Waals surface area contributed by atoms with Gasteiger partial charge in [0, 0.05) is 24.6 Å². The van der Waals surface area contributed by atoms with E-state index >= 15 is 0 Å². The number of halogens is 2. The van der Waals surface area contributed by atoms with E-state index in [4.69, 9.17) is 4.74 Å². The van der Waals surface area contributed by atoms with Crippen LogP contribution in [0.25, 0.3) is 0 Å². The Balaban J connectivity index is 2.27. The van der Waals surface area contributed by atoms with E-state index in [1.165, 1.54) is 23.5 Å². The number of nitrogens with zero attached hydrogens (tertiary/aromatic N) is 1. The van der Waals surface area contributed by atoms with E-state index in [1.807, 2.05) is 0 Å². The molecule has 0 radical (unpaired) electrons. The van der Waals surface area contributed by atoms with Gasteiger partial charge in [-0.25, -0.2) is 17.1 Å². The number of rotatable bonds is 8. The normalized spacial score (nSPS) is 11.5. The van der Waals surface area contributed by atoms with E-state index in [0.717, 1.165) is 6.26 Å². The third-order valence-corrected chi connectivity index (χ3v) is 4.60. The summed E-state index contributed by atoms with van der Waals surface area (Å²) < 4.78 is 42.6. The van der Waals surface area contributed by atoms with E-state index < -0.39 is 21.7 Å². The van der Waals surface area contributed by atoms with Crippen molar-refractivity contribution in [1.82, 2.24) is 9.62 Å². The predicted molar refractivity (Wildman–Crippen MR) is 84.7 cm³/mol. The van der Waals surface area contributed by atoms with Crippen molar-refractivity contribution in [2.24, 2.45) is 0 Å². The number of carbonyl (C=O) groups excluding carboxylic acids is 1. The summed E-state index contributed by atoms with van der Waals surface area (Å²) >= 11 is 3.12. The first kappa shape index (κ1) is 18.9. The molecule has 1 N–H and O–H groups in total. The Morgan fingerprint density at radius 1 is 1.45 bits per heavy atom. The second-order valence-corrected chi connectivity index (χ2v) is 7.66. The van der Waals surface area contributed by atoms with Gasteiger partial charge in [-0.05, 0) is 24.6 Å². The predicted octanol–water partition coefficient (Wildman–Crippen LogP) is 1.36. The lowest BCUT2D eigenvalue weighted by molar-refractivity contribution is -0.123. The molecular weight excluding hydrogens is 379 g/mol. The smallest absolute Gasteiger partial charge is 0.257 e. The second kappa shape index (κ2) is 8.44. The summed E-state index contributed by atoms with van der Waals surface area (Å²) in [4.78, 5) is 11.5. The monoisotopic (exact) mass is 396 g/mol. The molecule has 9 heteroatoms. The molecule has 124 valence electrons. The first-order valence-corrected chi connectivity index (χ1v) is 9.10. The molecule has 0 aromatic heterocycles. The van der Waals surface area contributed by atoms with Crippen molar-refractivity contribution in [2.75, 3.05) is 33.0 Å². The maximum Gasteiger partial charge on any atom is 0.257 e. The van der Waals surface area contributed by atoms with E-state index in [1.54, 1.807) is 6.07 Å². The van der Waals surface area contributed by atoms with Crippen molar-refractivity contribution < 1.29 is 22.3 Å². The molecule has 0 aliphatic rings. The Bertz CT molecular complexity index is 624. The van der Waals surface area contributed by atoms with Crippen molar-refractivity contribution in [1.29, 1.82) is 0 Å². The lowest BCUT2D eigenvalue weighted by atomic mass is 10.3. The van der Waals surface area contributed by atoms with Gasteiger partial charge in [0.05, 0.1) is 6.26 Å². The maximum atomic E-state index is 13.5. The molecule has 0 aliphatic heterocycles. The van der Waals surface area contributed by atoms with Gasteiger partial charge < -0.3 is 10.1 Å². The SMILES string of the molecule is CN(CCCNC(=O)COc1ccc(Br)cc1F)S(C)(=O)=O. The van der Waals surface area contributed by atoms with Crippen LogP contribution in [-0.2, 0) is 14.8 Å². The van der Waals surface area contributed by atoms with E-state index in [9.17, 15) is 17.6 Å². The van der Waals surface area contributed by atoms with Crippen molar-refractivity contribution in [3.63, 3.8) is 0 Å². The molecule has 22 heavy (non-hydrogen) atoms. The van der Waals surface area contributed by atoms with Crippen LogP contribution in [0.4, 0.5) is 4.39 Å². The molecule has 0 aliphatic carbocycles. The van der Waals surface area contributed by atoms with E-state index in [0.29, 0.717) is 24.0 Å². The van der Waals surface area contributed by atoms with Crippen LogP contribution >= 0.6 is 15.9 Å². The molecule has 0 heterocycles. The molecule has 0 saturated carbocycles. The van der Waals surface area contributed by atoms with Crippen LogP contribution in [0.1, 0.15) is 6.42 Å². The molecule has 0 saturated heterocycles. The largest absolute Gasteiger partial charge is 0.481 e. The highest BCUT2D eigenvalue weighted by molar-refractivity contribution is 9.10. The molecule has 0 spiro atoms. The number of hydrogen-bond acceptors (Lipinski definition) is 4. The van der Waals surface area contributed by atoms with Gasteiger partial charge in [-0.3, -0.25) is 4.79 Å². The fourth-order valence-corrected chi connectivity index (χ4v) is 2.28. The van der Waals surface area contributed by atoms with Crippen LogP contribution < -0.4 is 10.1 Å². The Morgan fingerprint density at radius 2 is 2.14 bits per heavy atom. The lowest BCUT2D eigenvalue weighted by Gasteiger charge is -2.14. The summed E-state index contributed by atoms with van der Waals surface area (Å²) in [5.74, 6) is -0.962. The van der Waals surface area contributed by atoms with Crippen LogP contribution in [0.3, 0.4) is 0 Å². The van der Waals surface area contributed by atoms with Crippen molar-refractivity contribution in [2.45, 2.75) is 6.42 Å². The van der Waals surface area contributed by atoms with Crippen LogP contribution in [0, 0.1) is 5.82 Å². The molecule has 1 aromatic rings. The zero-order chi connectivity index (χ0) is 16.8. The first-order chi connectivity index (χ1) is 10.2. The quantitative estimate of drug-likeness (QED) is 0.673. The fourth-order valence-electron chi connectivity index (χ4n) is 1.48. The zero-order valence-electron chi connectivity index (χ0n) is 12.3. The highest BCUT2D eigenvalue weighted by Crippen LogP contribution is 2.21. The highest BCUT2D eigenvalue weighted by atomic mass is 79.9. The first-order valence-electron chi connectivity index (χ1n) is 6.46. The maximum absolute atomic E-state index is 13.5.